The monoisotopic (exact) mass is 240 g/mol. The van der Waals surface area contributed by atoms with Crippen LogP contribution in [0.15, 0.2) is 0 Å². The zero-order valence-corrected chi connectivity index (χ0v) is 7.94. The fourth-order valence-electron chi connectivity index (χ4n) is 0.363. The van der Waals surface area contributed by atoms with Gasteiger partial charge in [-0.15, -0.1) is 0 Å². The van der Waals surface area contributed by atoms with Crippen LogP contribution in [-0.4, -0.2) is 35.6 Å². The summed E-state index contributed by atoms with van der Waals surface area (Å²) in [4.78, 5) is 0. The molecule has 13 heavy (non-hydrogen) atoms. The number of alkyl halides is 2. The molecule has 0 aromatic carbocycles. The number of halogens is 2. The summed E-state index contributed by atoms with van der Waals surface area (Å²) in [7, 11) is -8.48. The van der Waals surface area contributed by atoms with Gasteiger partial charge in [-0.3, -0.25) is 4.18 Å². The molecule has 0 atom stereocenters. The molecule has 0 unspecified atom stereocenters. The average Bonchev–Trinajstić information content (AvgIpc) is 1.81. The third kappa shape index (κ3) is 5.85. The minimum atomic E-state index is -4.81. The third-order valence-corrected chi connectivity index (χ3v) is 4.02. The molecule has 0 saturated carbocycles. The Bertz CT molecular complexity index is 342. The molecule has 0 aromatic rings. The van der Waals surface area contributed by atoms with E-state index >= 15 is 0 Å². The summed E-state index contributed by atoms with van der Waals surface area (Å²) < 4.78 is 71.4. The van der Waals surface area contributed by atoms with Gasteiger partial charge in [-0.2, -0.15) is 25.6 Å². The van der Waals surface area contributed by atoms with E-state index in [1.165, 1.54) is 0 Å². The molecule has 80 valence electrons. The van der Waals surface area contributed by atoms with Crippen LogP contribution in [0.25, 0.3) is 0 Å². The molecule has 0 aliphatic heterocycles. The molecular weight excluding hydrogens is 234 g/mol. The van der Waals surface area contributed by atoms with Gasteiger partial charge in [0, 0.05) is 0 Å². The minimum absolute atomic E-state index is 0.702. The lowest BCUT2D eigenvalue weighted by atomic mass is 11.5. The lowest BCUT2D eigenvalue weighted by Crippen LogP contribution is -2.21. The van der Waals surface area contributed by atoms with Crippen LogP contribution < -0.4 is 0 Å². The largest absolute Gasteiger partial charge is 0.359 e. The third-order valence-electron chi connectivity index (χ3n) is 0.762. The normalized spacial score (nSPS) is 13.5. The van der Waals surface area contributed by atoms with Crippen molar-refractivity contribution in [2.24, 2.45) is 0 Å². The number of hydrogen-bond acceptors (Lipinski definition) is 6. The van der Waals surface area contributed by atoms with Crippen LogP contribution in [-0.2, 0) is 28.6 Å². The zero-order chi connectivity index (χ0) is 10.7. The van der Waals surface area contributed by atoms with Crippen LogP contribution in [0.1, 0.15) is 0 Å². The Kier molecular flexibility index (Phi) is 4.16. The van der Waals surface area contributed by atoms with Crippen LogP contribution in [0, 0.1) is 0 Å². The van der Waals surface area contributed by atoms with Gasteiger partial charge >= 0.3 is 6.61 Å². The quantitative estimate of drug-likeness (QED) is 0.601. The molecule has 0 bridgehead atoms. The summed E-state index contributed by atoms with van der Waals surface area (Å²) in [6.07, 6.45) is 0. The van der Waals surface area contributed by atoms with Gasteiger partial charge in [-0.05, 0) is 0 Å². The molecule has 6 nitrogen and oxygen atoms in total. The smallest absolute Gasteiger partial charge is 0.273 e. The maximum atomic E-state index is 11.4. The second kappa shape index (κ2) is 4.26. The van der Waals surface area contributed by atoms with Crippen molar-refractivity contribution in [2.75, 3.05) is 12.2 Å². The van der Waals surface area contributed by atoms with Gasteiger partial charge in [0.05, 0.1) is 7.11 Å². The molecule has 0 spiro atoms. The summed E-state index contributed by atoms with van der Waals surface area (Å²) in [6.45, 7) is -3.59. The lowest BCUT2D eigenvalue weighted by molar-refractivity contribution is -0.0440. The second-order valence-corrected chi connectivity index (χ2v) is 5.46. The maximum absolute atomic E-state index is 11.4. The van der Waals surface area contributed by atoms with Crippen LogP contribution >= 0.6 is 0 Å². The summed E-state index contributed by atoms with van der Waals surface area (Å²) in [5.74, 6) is 0. The molecule has 0 rings (SSSR count). The van der Waals surface area contributed by atoms with Crippen molar-refractivity contribution in [3.05, 3.63) is 0 Å². The molecule has 0 aliphatic rings. The van der Waals surface area contributed by atoms with E-state index in [1.54, 1.807) is 0 Å². The van der Waals surface area contributed by atoms with E-state index in [0.717, 1.165) is 0 Å². The molecule has 0 radical (unpaired) electrons. The predicted octanol–water partition coefficient (Wildman–Crippen LogP) is -0.511. The van der Waals surface area contributed by atoms with Crippen LogP contribution in [0.3, 0.4) is 0 Å². The number of hydrogen-bond donors (Lipinski definition) is 0. The standard InChI is InChI=1S/C3H6F2O6S2/c1-10-12(6,7)2-13(8,9)11-3(4)5/h3H,2H2,1H3. The summed E-state index contributed by atoms with van der Waals surface area (Å²) in [5, 5.41) is -1.64. The highest BCUT2D eigenvalue weighted by molar-refractivity contribution is 8.03. The molecule has 0 aromatic heterocycles. The summed E-state index contributed by atoms with van der Waals surface area (Å²) in [5.41, 5.74) is 0. The van der Waals surface area contributed by atoms with Gasteiger partial charge in [0.2, 0.25) is 5.08 Å². The second-order valence-electron chi connectivity index (χ2n) is 1.76. The van der Waals surface area contributed by atoms with Gasteiger partial charge in [-0.25, -0.2) is 4.18 Å². The molecule has 0 fully saturated rings. The highest BCUT2D eigenvalue weighted by atomic mass is 32.3. The fourth-order valence-corrected chi connectivity index (χ4v) is 2.61. The van der Waals surface area contributed by atoms with E-state index in [9.17, 15) is 25.6 Å². The van der Waals surface area contributed by atoms with Gasteiger partial charge in [0.1, 0.15) is 0 Å². The fraction of sp³-hybridized carbons (Fsp3) is 1.00. The van der Waals surface area contributed by atoms with Crippen molar-refractivity contribution in [1.29, 1.82) is 0 Å². The summed E-state index contributed by atoms with van der Waals surface area (Å²) in [6, 6.07) is 0. The van der Waals surface area contributed by atoms with Gasteiger partial charge < -0.3 is 0 Å². The molecule has 0 saturated heterocycles. The highest BCUT2D eigenvalue weighted by Crippen LogP contribution is 2.06. The molecular formula is C3H6F2O6S2. The van der Waals surface area contributed by atoms with Crippen molar-refractivity contribution in [2.45, 2.75) is 6.61 Å². The van der Waals surface area contributed by atoms with E-state index in [1.807, 2.05) is 0 Å². The first-order chi connectivity index (χ1) is 5.68. The van der Waals surface area contributed by atoms with Gasteiger partial charge in [0.15, 0.2) is 0 Å². The topological polar surface area (TPSA) is 86.7 Å². The zero-order valence-electron chi connectivity index (χ0n) is 6.31. The van der Waals surface area contributed by atoms with Crippen molar-refractivity contribution < 1.29 is 34.0 Å². The Hall–Kier alpha value is -0.320. The first-order valence-corrected chi connectivity index (χ1v) is 5.81. The maximum Gasteiger partial charge on any atom is 0.359 e. The lowest BCUT2D eigenvalue weighted by Gasteiger charge is -2.03. The molecule has 0 heterocycles. The summed E-state index contributed by atoms with van der Waals surface area (Å²) >= 11 is 0. The van der Waals surface area contributed by atoms with Crippen molar-refractivity contribution >= 4 is 20.2 Å². The number of rotatable bonds is 5. The average molecular weight is 240 g/mol. The molecule has 0 aliphatic carbocycles. The molecule has 0 N–H and O–H groups in total. The van der Waals surface area contributed by atoms with Gasteiger partial charge in [0.25, 0.3) is 20.2 Å². The van der Waals surface area contributed by atoms with E-state index in [2.05, 4.69) is 8.37 Å². The molecule has 0 amide bonds. The van der Waals surface area contributed by atoms with Crippen LogP contribution in [0.5, 0.6) is 0 Å². The first-order valence-electron chi connectivity index (χ1n) is 2.66. The van der Waals surface area contributed by atoms with E-state index in [-0.39, 0.29) is 0 Å². The first kappa shape index (κ1) is 12.7. The van der Waals surface area contributed by atoms with Crippen molar-refractivity contribution in [3.63, 3.8) is 0 Å². The Balaban J connectivity index is 4.54. The highest BCUT2D eigenvalue weighted by Gasteiger charge is 2.26. The van der Waals surface area contributed by atoms with Crippen molar-refractivity contribution in [3.8, 4) is 0 Å². The van der Waals surface area contributed by atoms with E-state index in [4.69, 9.17) is 0 Å². The Labute approximate surface area is 73.7 Å². The predicted molar refractivity (Wildman–Crippen MR) is 36.8 cm³/mol. The minimum Gasteiger partial charge on any atom is -0.273 e. The Morgan fingerprint density at radius 3 is 1.92 bits per heavy atom. The van der Waals surface area contributed by atoms with Crippen LogP contribution in [0.4, 0.5) is 8.78 Å². The van der Waals surface area contributed by atoms with E-state index < -0.39 is 31.9 Å². The van der Waals surface area contributed by atoms with Gasteiger partial charge in [-0.1, -0.05) is 0 Å². The van der Waals surface area contributed by atoms with E-state index in [0.29, 0.717) is 7.11 Å². The molecule has 10 heteroatoms. The van der Waals surface area contributed by atoms with Crippen LogP contribution in [0.2, 0.25) is 0 Å². The Morgan fingerprint density at radius 1 is 1.15 bits per heavy atom. The Morgan fingerprint density at radius 2 is 1.62 bits per heavy atom. The van der Waals surface area contributed by atoms with Crippen molar-refractivity contribution in [1.82, 2.24) is 0 Å². The SMILES string of the molecule is COS(=O)(=O)CS(=O)(=O)OC(F)F.